The van der Waals surface area contributed by atoms with Gasteiger partial charge in [0, 0.05) is 6.42 Å². The van der Waals surface area contributed by atoms with Gasteiger partial charge in [0.15, 0.2) is 17.3 Å². The SMILES string of the molecule is CCOc1cc(-c2cccc(CC3OC(=O)NC3=O)c2)ccc1-c1nc2c(nnn2Cc2ccc(OC)cc2)c(=O)[nH]1. The van der Waals surface area contributed by atoms with Crippen molar-refractivity contribution in [1.29, 1.82) is 0 Å². The lowest BCUT2D eigenvalue weighted by molar-refractivity contribution is -0.123. The van der Waals surface area contributed by atoms with Crippen molar-refractivity contribution in [3.8, 4) is 34.0 Å². The maximum absolute atomic E-state index is 13.0. The van der Waals surface area contributed by atoms with Crippen molar-refractivity contribution in [3.63, 3.8) is 0 Å². The highest BCUT2D eigenvalue weighted by Gasteiger charge is 2.32. The standard InChI is InChI=1S/C30H26N6O6/c1-3-41-23-15-20(19-6-4-5-18(13-19)14-24-28(37)33-30(39)42-24)9-12-22(23)26-31-27-25(29(38)32-26)34-35-36(27)16-17-7-10-21(40-2)11-8-17/h4-13,15,24H,3,14,16H2,1-2H3,(H,31,32,38)(H,33,37,39). The lowest BCUT2D eigenvalue weighted by Crippen LogP contribution is -2.25. The molecule has 6 rings (SSSR count). The molecular weight excluding hydrogens is 540 g/mol. The fraction of sp³-hybridized carbons (Fsp3) is 0.200. The van der Waals surface area contributed by atoms with Gasteiger partial charge >= 0.3 is 6.09 Å². The Morgan fingerprint density at radius 2 is 1.79 bits per heavy atom. The second-order valence-corrected chi connectivity index (χ2v) is 9.61. The number of H-pyrrole nitrogens is 1. The predicted octanol–water partition coefficient (Wildman–Crippen LogP) is 3.48. The summed E-state index contributed by atoms with van der Waals surface area (Å²) < 4.78 is 17.8. The fourth-order valence-corrected chi connectivity index (χ4v) is 4.80. The summed E-state index contributed by atoms with van der Waals surface area (Å²) in [7, 11) is 1.61. The van der Waals surface area contributed by atoms with Crippen molar-refractivity contribution >= 4 is 23.2 Å². The number of nitrogens with one attached hydrogen (secondary N) is 2. The highest BCUT2D eigenvalue weighted by molar-refractivity contribution is 6.00. The van der Waals surface area contributed by atoms with Gasteiger partial charge in [0.25, 0.3) is 11.5 Å². The van der Waals surface area contributed by atoms with Crippen LogP contribution >= 0.6 is 0 Å². The van der Waals surface area contributed by atoms with Gasteiger partial charge in [0.05, 0.1) is 25.8 Å². The molecule has 212 valence electrons. The molecule has 42 heavy (non-hydrogen) atoms. The molecule has 12 nitrogen and oxygen atoms in total. The van der Waals surface area contributed by atoms with Crippen molar-refractivity contribution < 1.29 is 23.8 Å². The molecule has 2 amide bonds. The van der Waals surface area contributed by atoms with Crippen molar-refractivity contribution in [2.75, 3.05) is 13.7 Å². The number of benzene rings is 3. The smallest absolute Gasteiger partial charge is 0.414 e. The van der Waals surface area contributed by atoms with Gasteiger partial charge in [-0.15, -0.1) is 5.10 Å². The Bertz CT molecular complexity index is 1860. The Morgan fingerprint density at radius 1 is 0.976 bits per heavy atom. The molecule has 1 aliphatic rings. The largest absolute Gasteiger partial charge is 0.497 e. The molecule has 0 aliphatic carbocycles. The van der Waals surface area contributed by atoms with Crippen LogP contribution in [0.1, 0.15) is 18.1 Å². The molecule has 1 saturated heterocycles. The predicted molar refractivity (Wildman–Crippen MR) is 152 cm³/mol. The first kappa shape index (κ1) is 26.7. The average molecular weight is 567 g/mol. The zero-order valence-corrected chi connectivity index (χ0v) is 22.8. The van der Waals surface area contributed by atoms with Crippen molar-refractivity contribution in [3.05, 3.63) is 88.2 Å². The van der Waals surface area contributed by atoms with Crippen LogP contribution in [0.2, 0.25) is 0 Å². The van der Waals surface area contributed by atoms with Gasteiger partial charge in [-0.05, 0) is 53.4 Å². The molecule has 1 atom stereocenters. The normalized spacial score (nSPS) is 14.6. The molecule has 1 unspecified atom stereocenters. The molecule has 12 heteroatoms. The number of hydrogen-bond acceptors (Lipinski definition) is 9. The van der Waals surface area contributed by atoms with E-state index in [-0.39, 0.29) is 11.9 Å². The van der Waals surface area contributed by atoms with E-state index in [1.54, 1.807) is 11.8 Å². The molecule has 2 N–H and O–H groups in total. The van der Waals surface area contributed by atoms with E-state index >= 15 is 0 Å². The number of rotatable bonds is 9. The highest BCUT2D eigenvalue weighted by Crippen LogP contribution is 2.33. The van der Waals surface area contributed by atoms with Crippen LogP contribution in [0.4, 0.5) is 4.79 Å². The van der Waals surface area contributed by atoms with Gasteiger partial charge in [-0.2, -0.15) is 0 Å². The summed E-state index contributed by atoms with van der Waals surface area (Å²) >= 11 is 0. The molecule has 3 aromatic carbocycles. The Kier molecular flexibility index (Phi) is 7.09. The molecule has 1 aliphatic heterocycles. The number of methoxy groups -OCH3 is 1. The van der Waals surface area contributed by atoms with E-state index < -0.39 is 23.7 Å². The topological polar surface area (TPSA) is 150 Å². The summed E-state index contributed by atoms with van der Waals surface area (Å²) in [6.07, 6.45) is -1.34. The van der Waals surface area contributed by atoms with Crippen LogP contribution < -0.4 is 20.3 Å². The van der Waals surface area contributed by atoms with E-state index in [0.717, 1.165) is 28.0 Å². The molecular formula is C30H26N6O6. The Morgan fingerprint density at radius 3 is 2.52 bits per heavy atom. The van der Waals surface area contributed by atoms with Crippen molar-refractivity contribution in [1.82, 2.24) is 30.3 Å². The number of fused-ring (bicyclic) bond motifs is 1. The van der Waals surface area contributed by atoms with Crippen LogP contribution in [-0.2, 0) is 22.5 Å². The van der Waals surface area contributed by atoms with Crippen LogP contribution in [0.5, 0.6) is 11.5 Å². The summed E-state index contributed by atoms with van der Waals surface area (Å²) in [4.78, 5) is 43.8. The van der Waals surface area contributed by atoms with Crippen LogP contribution in [0.25, 0.3) is 33.7 Å². The summed E-state index contributed by atoms with van der Waals surface area (Å²) in [5, 5.41) is 10.4. The van der Waals surface area contributed by atoms with Crippen molar-refractivity contribution in [2.45, 2.75) is 26.0 Å². The minimum atomic E-state index is -0.862. The van der Waals surface area contributed by atoms with Gasteiger partial charge in [0.2, 0.25) is 0 Å². The van der Waals surface area contributed by atoms with Gasteiger partial charge in [0.1, 0.15) is 17.3 Å². The quantitative estimate of drug-likeness (QED) is 0.273. The minimum absolute atomic E-state index is 0.139. The zero-order valence-electron chi connectivity index (χ0n) is 22.8. The van der Waals surface area contributed by atoms with Gasteiger partial charge in [-0.25, -0.2) is 14.5 Å². The number of carbonyl (C=O) groups is 2. The maximum atomic E-state index is 13.0. The van der Waals surface area contributed by atoms with E-state index in [2.05, 4.69) is 20.6 Å². The summed E-state index contributed by atoms with van der Waals surface area (Å²) in [5.74, 6) is 1.14. The Labute approximate surface area is 239 Å². The molecule has 0 spiro atoms. The lowest BCUT2D eigenvalue weighted by atomic mass is 9.98. The number of ether oxygens (including phenoxy) is 3. The van der Waals surface area contributed by atoms with E-state index in [1.165, 1.54) is 0 Å². The van der Waals surface area contributed by atoms with Gasteiger partial charge in [-0.1, -0.05) is 47.7 Å². The first-order valence-electron chi connectivity index (χ1n) is 13.3. The molecule has 0 bridgehead atoms. The number of cyclic esters (lactones) is 1. The lowest BCUT2D eigenvalue weighted by Gasteiger charge is -2.13. The third-order valence-electron chi connectivity index (χ3n) is 6.85. The minimum Gasteiger partial charge on any atom is -0.497 e. The van der Waals surface area contributed by atoms with Crippen LogP contribution in [0.15, 0.2) is 71.5 Å². The number of alkyl carbamates (subject to hydrolysis) is 1. The molecule has 0 saturated carbocycles. The van der Waals surface area contributed by atoms with Crippen LogP contribution in [-0.4, -0.2) is 56.8 Å². The molecule has 5 aromatic rings. The van der Waals surface area contributed by atoms with E-state index in [4.69, 9.17) is 19.2 Å². The van der Waals surface area contributed by atoms with Crippen LogP contribution in [0, 0.1) is 0 Å². The maximum Gasteiger partial charge on any atom is 0.414 e. The summed E-state index contributed by atoms with van der Waals surface area (Å²) in [6, 6.07) is 20.7. The number of carbonyl (C=O) groups excluding carboxylic acids is 2. The third kappa shape index (κ3) is 5.29. The number of nitrogens with zero attached hydrogens (tertiary/aromatic N) is 4. The summed E-state index contributed by atoms with van der Waals surface area (Å²) in [5.41, 5.74) is 4.18. The van der Waals surface area contributed by atoms with E-state index in [0.29, 0.717) is 35.9 Å². The van der Waals surface area contributed by atoms with E-state index in [9.17, 15) is 14.4 Å². The fourth-order valence-electron chi connectivity index (χ4n) is 4.80. The Hall–Kier alpha value is -5.52. The number of aromatic amines is 1. The molecule has 1 fully saturated rings. The monoisotopic (exact) mass is 566 g/mol. The number of hydrogen-bond donors (Lipinski definition) is 2. The highest BCUT2D eigenvalue weighted by atomic mass is 16.6. The number of imide groups is 1. The molecule has 2 aromatic heterocycles. The van der Waals surface area contributed by atoms with Gasteiger partial charge in [-0.3, -0.25) is 14.9 Å². The van der Waals surface area contributed by atoms with Gasteiger partial charge < -0.3 is 19.2 Å². The second kappa shape index (κ2) is 11.2. The van der Waals surface area contributed by atoms with Crippen LogP contribution in [0.3, 0.4) is 0 Å². The number of aromatic nitrogens is 5. The van der Waals surface area contributed by atoms with E-state index in [1.807, 2.05) is 73.7 Å². The Balaban J connectivity index is 1.33. The first-order valence-corrected chi connectivity index (χ1v) is 13.3. The third-order valence-corrected chi connectivity index (χ3v) is 6.85. The zero-order chi connectivity index (χ0) is 29.2. The second-order valence-electron chi connectivity index (χ2n) is 9.61. The van der Waals surface area contributed by atoms with Crippen molar-refractivity contribution in [2.24, 2.45) is 0 Å². The summed E-state index contributed by atoms with van der Waals surface area (Å²) in [6.45, 7) is 2.63. The molecule has 0 radical (unpaired) electrons. The first-order chi connectivity index (χ1) is 20.4. The number of amides is 2. The molecule has 3 heterocycles. The average Bonchev–Trinajstić information content (AvgIpc) is 3.55.